The normalized spacial score (nSPS) is 10.5. The van der Waals surface area contributed by atoms with Gasteiger partial charge in [0, 0.05) is 146 Å². The molecule has 0 fully saturated rings. The molecule has 0 aliphatic carbocycles. The fourth-order valence-electron chi connectivity index (χ4n) is 9.07. The Kier molecular flexibility index (Phi) is 81.6. The predicted molar refractivity (Wildman–Crippen MR) is 497 cm³/mol. The molecule has 0 saturated heterocycles. The van der Waals surface area contributed by atoms with Crippen LogP contribution in [0.2, 0.25) is 0 Å². The molecule has 0 N–H and O–H groups in total. The van der Waals surface area contributed by atoms with E-state index in [9.17, 15) is 25.2 Å². The minimum absolute atomic E-state index is 0.575. The van der Waals surface area contributed by atoms with Crippen molar-refractivity contribution in [2.24, 2.45) is 0 Å². The Labute approximate surface area is 814 Å². The minimum atomic E-state index is -5.64. The van der Waals surface area contributed by atoms with Crippen LogP contribution in [-0.2, 0) is 27.4 Å². The van der Waals surface area contributed by atoms with Crippen molar-refractivity contribution in [2.75, 3.05) is 0 Å². The predicted octanol–water partition coefficient (Wildman–Crippen LogP) is 11.4. The van der Waals surface area contributed by atoms with Gasteiger partial charge in [-0.3, -0.25) is 0 Å². The zero-order valence-electron chi connectivity index (χ0n) is 83.2. The zero-order valence-corrected chi connectivity index (χ0v) is 88.6. The zero-order chi connectivity index (χ0) is 107. The summed E-state index contributed by atoms with van der Waals surface area (Å²) in [6.07, 6.45) is 49.8. The fraction of sp³-hybridized carbons (Fsp3) is 0.375. The van der Waals surface area contributed by atoms with Gasteiger partial charge in [-0.05, 0) is 166 Å². The van der Waals surface area contributed by atoms with E-state index in [1.807, 2.05) is 218 Å². The van der Waals surface area contributed by atoms with Crippen molar-refractivity contribution >= 4 is 47.4 Å². The summed E-state index contributed by atoms with van der Waals surface area (Å²) in [5.41, 5.74) is 0. The Bertz CT molecular complexity index is 3970. The number of nitrogens with zero attached hydrogens (tertiary/aromatic N) is 12. The van der Waals surface area contributed by atoms with Crippen molar-refractivity contribution in [3.63, 3.8) is 0 Å². The SMILES string of the molecule is CC(C)[n+]1ccccc1.CC(C)[n+]1ccccc1.CC(C)[n+]1ccccc1.CC(C)[n+]1ccccc1.CC(C)[n+]1ccccc1.CC(C)[n+]1ccccc1.CC(C)[n+]1ccccc1.CC(C)[n+]1ccccc1.CC(C)[n+]1ccccc1.CC(C)[n+]1ccccc1.CC(C)[n+]1ccccc1.CC(C)[n+]1ccccc1.O=P([O-])([O-])F.O=P([O-])([O-])F.O=P([O-])([O-])F.O=P([O-])([O-])F.O=P([O-])([O-])F.O=P([O-])([O-])F. The van der Waals surface area contributed by atoms with Gasteiger partial charge in [0.25, 0.3) is 0 Å². The summed E-state index contributed by atoms with van der Waals surface area (Å²) in [5, 5.41) is 0. The summed E-state index contributed by atoms with van der Waals surface area (Å²) in [7, 11) is -33.8. The summed E-state index contributed by atoms with van der Waals surface area (Å²) in [6, 6.07) is 80.2. The van der Waals surface area contributed by atoms with Crippen LogP contribution in [-0.4, -0.2) is 0 Å². The maximum Gasteiger partial charge on any atom is 0.169 e. The van der Waals surface area contributed by atoms with E-state index < -0.39 is 47.4 Å². The quantitative estimate of drug-likeness (QED) is 0.0623. The lowest BCUT2D eigenvalue weighted by atomic mass is 10.3. The first-order chi connectivity index (χ1) is 63.7. The molecule has 0 atom stereocenters. The van der Waals surface area contributed by atoms with Crippen molar-refractivity contribution < 1.29 is 166 Å². The van der Waals surface area contributed by atoms with Crippen LogP contribution in [0.3, 0.4) is 0 Å². The van der Waals surface area contributed by atoms with Crippen molar-refractivity contribution in [1.82, 2.24) is 0 Å². The van der Waals surface area contributed by atoms with Gasteiger partial charge in [0.2, 0.25) is 0 Å². The van der Waals surface area contributed by atoms with E-state index >= 15 is 0 Å². The molecule has 42 heteroatoms. The van der Waals surface area contributed by atoms with E-state index in [4.69, 9.17) is 86.1 Å². The van der Waals surface area contributed by atoms with Crippen molar-refractivity contribution in [3.8, 4) is 0 Å². The van der Waals surface area contributed by atoms with Crippen molar-refractivity contribution in [3.05, 3.63) is 367 Å². The van der Waals surface area contributed by atoms with Gasteiger partial charge >= 0.3 is 0 Å². The van der Waals surface area contributed by atoms with Crippen LogP contribution in [0.1, 0.15) is 239 Å². The number of hydrogen-bond acceptors (Lipinski definition) is 18. The summed E-state index contributed by atoms with van der Waals surface area (Å²) < 4.78 is 137. The Morgan fingerprint density at radius 3 is 0.181 bits per heavy atom. The highest BCUT2D eigenvalue weighted by Crippen LogP contribution is 2.25. The number of hydrogen-bond donors (Lipinski definition) is 0. The smallest absolute Gasteiger partial charge is 0.169 e. The molecule has 12 rings (SSSR count). The third-order valence-electron chi connectivity index (χ3n) is 16.0. The number of rotatable bonds is 12. The van der Waals surface area contributed by atoms with E-state index in [2.05, 4.69) is 370 Å². The van der Waals surface area contributed by atoms with Gasteiger partial charge in [0.1, 0.15) is 47.4 Å². The molecule has 0 radical (unpaired) electrons. The lowest BCUT2D eigenvalue weighted by Crippen LogP contribution is -2.34. The molecule has 0 aliphatic heterocycles. The summed E-state index contributed by atoms with van der Waals surface area (Å²) in [6.45, 7) is 52.0. The van der Waals surface area contributed by atoms with E-state index in [0.717, 1.165) is 0 Å². The maximum atomic E-state index is 10.1. The average molecular weight is 2050 g/mol. The van der Waals surface area contributed by atoms with Crippen LogP contribution in [0.4, 0.5) is 25.2 Å². The fourth-order valence-corrected chi connectivity index (χ4v) is 9.07. The molecule has 30 nitrogen and oxygen atoms in total. The van der Waals surface area contributed by atoms with Gasteiger partial charge in [-0.2, -0.15) is 0 Å². The molecule has 0 amide bonds. The Morgan fingerprint density at radius 2 is 0.159 bits per heavy atom. The van der Waals surface area contributed by atoms with Crippen molar-refractivity contribution in [2.45, 2.75) is 239 Å². The third kappa shape index (κ3) is 110. The average Bonchev–Trinajstić information content (AvgIpc) is 0.999. The lowest BCUT2D eigenvalue weighted by Gasteiger charge is -2.15. The van der Waals surface area contributed by atoms with E-state index in [1.54, 1.807) is 0 Å². The van der Waals surface area contributed by atoms with Crippen LogP contribution in [0.5, 0.6) is 0 Å². The molecule has 12 heterocycles. The minimum Gasteiger partial charge on any atom is -0.786 e. The maximum absolute atomic E-state index is 10.1. The molecule has 0 spiro atoms. The monoisotopic (exact) mass is 2050 g/mol. The second-order valence-electron chi connectivity index (χ2n) is 31.6. The Morgan fingerprint density at radius 1 is 0.123 bits per heavy atom. The lowest BCUT2D eigenvalue weighted by molar-refractivity contribution is -0.716. The van der Waals surface area contributed by atoms with E-state index in [0.29, 0.717) is 72.5 Å². The van der Waals surface area contributed by atoms with Crippen LogP contribution < -0.4 is 114 Å². The van der Waals surface area contributed by atoms with Gasteiger partial charge in [0.05, 0.1) is 0 Å². The molecule has 12 aromatic rings. The number of pyridine rings is 12. The summed E-state index contributed by atoms with van der Waals surface area (Å²) in [4.78, 5) is 101. The molecular weight excluding hydrogens is 1910 g/mol. The summed E-state index contributed by atoms with van der Waals surface area (Å²) >= 11 is 0. The van der Waals surface area contributed by atoms with E-state index in [-0.39, 0.29) is 0 Å². The second-order valence-corrected chi connectivity index (χ2v) is 36.7. The van der Waals surface area contributed by atoms with Crippen molar-refractivity contribution in [1.29, 1.82) is 0 Å². The molecule has 0 aliphatic rings. The molecule has 0 unspecified atom stereocenters. The Hall–Kier alpha value is -9.72. The largest absolute Gasteiger partial charge is 0.786 e. The van der Waals surface area contributed by atoms with Crippen LogP contribution in [0, 0.1) is 0 Å². The van der Waals surface area contributed by atoms with Gasteiger partial charge in [0.15, 0.2) is 221 Å². The highest BCUT2D eigenvalue weighted by molar-refractivity contribution is 7.43. The first-order valence-electron chi connectivity index (χ1n) is 43.5. The number of halogens is 6. The van der Waals surface area contributed by atoms with Gasteiger partial charge in [-0.25, -0.2) is 80.0 Å². The van der Waals surface area contributed by atoms with Crippen LogP contribution >= 0.6 is 47.4 Å². The molecule has 0 bridgehead atoms. The van der Waals surface area contributed by atoms with E-state index in [1.165, 1.54) is 0 Å². The molecule has 138 heavy (non-hydrogen) atoms. The van der Waals surface area contributed by atoms with Gasteiger partial charge in [-0.1, -0.05) is 72.8 Å². The highest BCUT2D eigenvalue weighted by atomic mass is 31.2. The molecular formula is C96H144F6N12O18P6. The van der Waals surface area contributed by atoms with Gasteiger partial charge < -0.3 is 86.1 Å². The van der Waals surface area contributed by atoms with Gasteiger partial charge in [-0.15, -0.1) is 0 Å². The van der Waals surface area contributed by atoms with Crippen LogP contribution in [0.25, 0.3) is 0 Å². The first-order valence-corrected chi connectivity index (χ1v) is 52.1. The molecule has 0 aromatic carbocycles. The molecule has 0 saturated carbocycles. The van der Waals surface area contributed by atoms with Crippen LogP contribution in [0.15, 0.2) is 367 Å². The molecule has 12 aromatic heterocycles. The molecule has 768 valence electrons. The summed E-state index contributed by atoms with van der Waals surface area (Å²) in [5.74, 6) is 0. The standard InChI is InChI=1S/12C8H12N.6FH2O3P/c12*1-8(2)9-6-4-3-5-7-9;6*1-5(2,3)4/h12*3-8H,1-2H3;6*(H2,2,3,4)/q12*+1;;;;;;/p-12. The Balaban J connectivity index is -0.000000336. The third-order valence-corrected chi connectivity index (χ3v) is 16.0. The highest BCUT2D eigenvalue weighted by Gasteiger charge is 2.09. The second kappa shape index (κ2) is 81.0. The number of aromatic nitrogens is 12. The first kappa shape index (κ1) is 139. The topological polar surface area (TPSA) is 426 Å².